The number of nitro benzene ring substituents is 2. The summed E-state index contributed by atoms with van der Waals surface area (Å²) in [6.45, 7) is 0. The Kier molecular flexibility index (Phi) is 8.69. The number of hydrogen-bond donors (Lipinski definition) is 2. The maximum absolute atomic E-state index is 12.0. The summed E-state index contributed by atoms with van der Waals surface area (Å²) in [6.07, 6.45) is 0. The lowest BCUT2D eigenvalue weighted by Crippen LogP contribution is -2.12. The minimum Gasteiger partial charge on any atom is -0.506 e. The second-order valence-electron chi connectivity index (χ2n) is 6.09. The van der Waals surface area contributed by atoms with Gasteiger partial charge in [0.2, 0.25) is 0 Å². The van der Waals surface area contributed by atoms with E-state index in [9.17, 15) is 34.9 Å². The van der Waals surface area contributed by atoms with E-state index in [2.05, 4.69) is 5.32 Å². The van der Waals surface area contributed by atoms with Gasteiger partial charge < -0.3 is 10.4 Å². The maximum atomic E-state index is 12.0. The summed E-state index contributed by atoms with van der Waals surface area (Å²) in [5, 5.41) is 32.4. The highest BCUT2D eigenvalue weighted by molar-refractivity contribution is 6.68. The molecule has 0 aliphatic carbocycles. The number of nitrogens with one attached hydrogen (secondary N) is 1. The van der Waals surface area contributed by atoms with Crippen LogP contribution in [-0.2, 0) is 0 Å². The van der Waals surface area contributed by atoms with Crippen LogP contribution in [0, 0.1) is 20.2 Å². The fourth-order valence-corrected chi connectivity index (χ4v) is 2.96. The van der Waals surface area contributed by atoms with Crippen molar-refractivity contribution in [3.8, 4) is 5.75 Å². The quantitative estimate of drug-likeness (QED) is 0.189. The molecule has 3 aromatic rings. The molecule has 3 rings (SSSR count). The number of carbonyl (C=O) groups excluding carboxylic acids is 2. The summed E-state index contributed by atoms with van der Waals surface area (Å²) in [4.78, 5) is 42.5. The Balaban J connectivity index is 0.000000257. The smallest absolute Gasteiger partial charge is 0.270 e. The Morgan fingerprint density at radius 1 is 0.818 bits per heavy atom. The Bertz CT molecular complexity index is 1250. The van der Waals surface area contributed by atoms with Crippen LogP contribution in [0.1, 0.15) is 20.7 Å². The molecule has 0 aromatic heterocycles. The third kappa shape index (κ3) is 6.88. The van der Waals surface area contributed by atoms with Crippen LogP contribution >= 0.6 is 34.8 Å². The molecule has 0 unspecified atom stereocenters. The first kappa shape index (κ1) is 25.5. The van der Waals surface area contributed by atoms with Gasteiger partial charge in [0.15, 0.2) is 0 Å². The van der Waals surface area contributed by atoms with E-state index in [1.807, 2.05) is 0 Å². The van der Waals surface area contributed by atoms with Gasteiger partial charge in [0, 0.05) is 24.3 Å². The Morgan fingerprint density at radius 2 is 1.30 bits per heavy atom. The molecule has 0 aliphatic rings. The highest BCUT2D eigenvalue weighted by Gasteiger charge is 2.17. The summed E-state index contributed by atoms with van der Waals surface area (Å²) in [7, 11) is 0. The van der Waals surface area contributed by atoms with Gasteiger partial charge in [0.05, 0.1) is 36.7 Å². The van der Waals surface area contributed by atoms with Gasteiger partial charge in [-0.2, -0.15) is 0 Å². The zero-order chi connectivity index (χ0) is 24.7. The van der Waals surface area contributed by atoms with Crippen LogP contribution < -0.4 is 5.32 Å². The maximum Gasteiger partial charge on any atom is 0.270 e. The third-order valence-corrected chi connectivity index (χ3v) is 4.79. The number of hydrogen-bond acceptors (Lipinski definition) is 7. The van der Waals surface area contributed by atoms with E-state index in [1.54, 1.807) is 12.1 Å². The van der Waals surface area contributed by atoms with Crippen LogP contribution in [-0.4, -0.2) is 26.1 Å². The molecule has 170 valence electrons. The summed E-state index contributed by atoms with van der Waals surface area (Å²) >= 11 is 16.6. The van der Waals surface area contributed by atoms with Crippen LogP contribution in [0.4, 0.5) is 17.1 Å². The molecule has 0 radical (unpaired) electrons. The molecule has 2 N–H and O–H groups in total. The number of nitrogens with zero attached hydrogens (tertiary/aromatic N) is 2. The molecule has 10 nitrogen and oxygen atoms in total. The molecule has 13 heteroatoms. The monoisotopic (exact) mass is 511 g/mol. The van der Waals surface area contributed by atoms with Crippen molar-refractivity contribution in [2.24, 2.45) is 0 Å². The van der Waals surface area contributed by atoms with Crippen LogP contribution in [0.3, 0.4) is 0 Å². The number of carbonyl (C=O) groups is 2. The minimum absolute atomic E-state index is 0.0379. The van der Waals surface area contributed by atoms with Gasteiger partial charge in [0.1, 0.15) is 5.75 Å². The van der Waals surface area contributed by atoms with Crippen molar-refractivity contribution in [1.82, 2.24) is 0 Å². The molecule has 0 saturated carbocycles. The van der Waals surface area contributed by atoms with Crippen molar-refractivity contribution in [2.75, 3.05) is 5.32 Å². The van der Waals surface area contributed by atoms with Crippen molar-refractivity contribution in [3.63, 3.8) is 0 Å². The van der Waals surface area contributed by atoms with Crippen LogP contribution in [0.2, 0.25) is 10.0 Å². The van der Waals surface area contributed by atoms with E-state index in [-0.39, 0.29) is 44.0 Å². The number of non-ortho nitro benzene ring substituents is 2. The zero-order valence-corrected chi connectivity index (χ0v) is 18.5. The average Bonchev–Trinajstić information content (AvgIpc) is 2.75. The highest BCUT2D eigenvalue weighted by Crippen LogP contribution is 2.26. The predicted molar refractivity (Wildman–Crippen MR) is 122 cm³/mol. The number of aromatic hydroxyl groups is 1. The van der Waals surface area contributed by atoms with Crippen molar-refractivity contribution in [1.29, 1.82) is 0 Å². The lowest BCUT2D eigenvalue weighted by molar-refractivity contribution is -0.385. The Morgan fingerprint density at radius 3 is 1.79 bits per heavy atom. The van der Waals surface area contributed by atoms with Crippen molar-refractivity contribution >= 4 is 63.0 Å². The lowest BCUT2D eigenvalue weighted by atomic mass is 10.1. The standard InChI is InChI=1S/C13H9ClN2O4.C7H3Cl2NO3/c14-10-6-5-8(16(19)20)7-9(10)13(18)15-11-3-1-2-4-12(11)17;8-6-2-1-4(10(12)13)3-5(6)7(9)11/h1-7,17H,(H,15,18);1-3H. The van der Waals surface area contributed by atoms with Crippen LogP contribution in [0.15, 0.2) is 60.7 Å². The van der Waals surface area contributed by atoms with Crippen molar-refractivity contribution in [3.05, 3.63) is 102 Å². The molecule has 0 spiro atoms. The van der Waals surface area contributed by atoms with E-state index in [0.29, 0.717) is 0 Å². The van der Waals surface area contributed by atoms with Gasteiger partial charge in [-0.25, -0.2) is 0 Å². The van der Waals surface area contributed by atoms with Gasteiger partial charge in [-0.05, 0) is 35.9 Å². The largest absolute Gasteiger partial charge is 0.506 e. The minimum atomic E-state index is -0.811. The van der Waals surface area contributed by atoms with Crippen LogP contribution in [0.5, 0.6) is 5.75 Å². The highest BCUT2D eigenvalue weighted by atomic mass is 35.5. The molecule has 3 aromatic carbocycles. The van der Waals surface area contributed by atoms with E-state index in [1.165, 1.54) is 36.4 Å². The number of phenolic OH excluding ortho intramolecular Hbond substituents is 1. The van der Waals surface area contributed by atoms with Crippen molar-refractivity contribution in [2.45, 2.75) is 0 Å². The lowest BCUT2D eigenvalue weighted by Gasteiger charge is -2.08. The Hall–Kier alpha value is -3.73. The first-order valence-electron chi connectivity index (χ1n) is 8.68. The molecule has 33 heavy (non-hydrogen) atoms. The van der Waals surface area contributed by atoms with Gasteiger partial charge in [0.25, 0.3) is 22.5 Å². The Labute approximate surface area is 200 Å². The zero-order valence-electron chi connectivity index (χ0n) is 16.2. The second kappa shape index (κ2) is 11.2. The second-order valence-corrected chi connectivity index (χ2v) is 7.25. The molecular formula is C20H12Cl3N3O7. The number of amides is 1. The number of para-hydroxylation sites is 2. The molecule has 0 aliphatic heterocycles. The first-order valence-corrected chi connectivity index (χ1v) is 9.81. The summed E-state index contributed by atoms with van der Waals surface area (Å²) in [5.74, 6) is -0.748. The summed E-state index contributed by atoms with van der Waals surface area (Å²) < 4.78 is 0. The third-order valence-electron chi connectivity index (χ3n) is 3.93. The molecule has 0 saturated heterocycles. The van der Waals surface area contributed by atoms with Gasteiger partial charge in [-0.1, -0.05) is 35.3 Å². The van der Waals surface area contributed by atoms with E-state index >= 15 is 0 Å². The number of rotatable bonds is 5. The SMILES string of the molecule is O=C(Cl)c1cc([N+](=O)[O-])ccc1Cl.O=C(Nc1ccccc1O)c1cc([N+](=O)[O-])ccc1Cl. The fourth-order valence-electron chi connectivity index (χ4n) is 2.35. The fraction of sp³-hybridized carbons (Fsp3) is 0. The summed E-state index contributed by atoms with van der Waals surface area (Å²) in [6, 6.07) is 13.2. The molecule has 0 bridgehead atoms. The number of anilines is 1. The molecular weight excluding hydrogens is 501 g/mol. The normalized spacial score (nSPS) is 9.91. The van der Waals surface area contributed by atoms with E-state index in [0.717, 1.165) is 12.1 Å². The molecule has 1 amide bonds. The number of nitro groups is 2. The van der Waals surface area contributed by atoms with E-state index < -0.39 is 21.0 Å². The molecule has 0 heterocycles. The summed E-state index contributed by atoms with van der Waals surface area (Å²) in [5.41, 5.74) is -0.355. The van der Waals surface area contributed by atoms with Gasteiger partial charge in [-0.3, -0.25) is 29.8 Å². The molecule has 0 fully saturated rings. The number of benzene rings is 3. The topological polar surface area (TPSA) is 153 Å². The van der Waals surface area contributed by atoms with E-state index in [4.69, 9.17) is 34.8 Å². The van der Waals surface area contributed by atoms with Crippen molar-refractivity contribution < 1.29 is 24.5 Å². The van der Waals surface area contributed by atoms with Crippen LogP contribution in [0.25, 0.3) is 0 Å². The van der Waals surface area contributed by atoms with Gasteiger partial charge in [-0.15, -0.1) is 0 Å². The first-order chi connectivity index (χ1) is 15.5. The van der Waals surface area contributed by atoms with Gasteiger partial charge >= 0.3 is 0 Å². The predicted octanol–water partition coefficient (Wildman–Crippen LogP) is 5.83. The number of halogens is 3. The number of phenols is 1. The molecule has 0 atom stereocenters. The average molecular weight is 513 g/mol.